The fraction of sp³-hybridized carbons (Fsp3) is 0.635. The van der Waals surface area contributed by atoms with Crippen LogP contribution in [0.4, 0.5) is 0 Å². The summed E-state index contributed by atoms with van der Waals surface area (Å²) in [6.07, 6.45) is 77.6. The lowest BCUT2D eigenvalue weighted by Gasteiger charge is -2.18. The normalized spacial score (nSPS) is 13.0. The largest absolute Gasteiger partial charge is 0.462 e. The third kappa shape index (κ3) is 54.6. The maximum absolute atomic E-state index is 12.8. The number of hydrogen-bond donors (Lipinski definition) is 0. The number of allylic oxidation sites excluding steroid dienone is 20. The molecule has 0 aromatic carbocycles. The van der Waals surface area contributed by atoms with E-state index < -0.39 is 6.10 Å². The summed E-state index contributed by atoms with van der Waals surface area (Å²) in [5.74, 6) is -1.03. The summed E-state index contributed by atoms with van der Waals surface area (Å²) in [4.78, 5) is 38.1. The maximum Gasteiger partial charge on any atom is 0.306 e. The second kappa shape index (κ2) is 56.4. The van der Waals surface area contributed by atoms with Gasteiger partial charge in [0.15, 0.2) is 6.10 Å². The van der Waals surface area contributed by atoms with Crippen LogP contribution in [-0.4, -0.2) is 37.2 Å². The van der Waals surface area contributed by atoms with E-state index in [-0.39, 0.29) is 37.5 Å². The number of esters is 3. The molecule has 0 aromatic rings. The van der Waals surface area contributed by atoms with E-state index in [2.05, 4.69) is 136 Å². The Morgan fingerprint density at radius 1 is 0.304 bits per heavy atom. The van der Waals surface area contributed by atoms with Crippen LogP contribution in [0.1, 0.15) is 239 Å². The molecular formula is C63H102O6. The molecule has 0 aliphatic heterocycles. The van der Waals surface area contributed by atoms with E-state index in [0.717, 1.165) is 116 Å². The Hall–Kier alpha value is -4.19. The number of carbonyl (C=O) groups is 3. The fourth-order valence-electron chi connectivity index (χ4n) is 7.23. The molecule has 0 saturated heterocycles. The first-order valence-electron chi connectivity index (χ1n) is 28.0. The van der Waals surface area contributed by atoms with Crippen molar-refractivity contribution in [3.05, 3.63) is 122 Å². The Kier molecular flexibility index (Phi) is 53.0. The van der Waals surface area contributed by atoms with Crippen LogP contribution in [0.25, 0.3) is 0 Å². The highest BCUT2D eigenvalue weighted by Crippen LogP contribution is 2.13. The van der Waals surface area contributed by atoms with Crippen LogP contribution >= 0.6 is 0 Å². The number of hydrogen-bond acceptors (Lipinski definition) is 6. The molecule has 0 aliphatic rings. The Morgan fingerprint density at radius 3 is 0.971 bits per heavy atom. The lowest BCUT2D eigenvalue weighted by Crippen LogP contribution is -2.30. The maximum atomic E-state index is 12.8. The zero-order valence-electron chi connectivity index (χ0n) is 44.5. The number of unbranched alkanes of at least 4 members (excludes halogenated alkanes) is 18. The lowest BCUT2D eigenvalue weighted by molar-refractivity contribution is -0.166. The summed E-state index contributed by atoms with van der Waals surface area (Å²) in [5, 5.41) is 0. The van der Waals surface area contributed by atoms with Crippen molar-refractivity contribution in [2.45, 2.75) is 245 Å². The molecule has 0 unspecified atom stereocenters. The molecular weight excluding hydrogens is 853 g/mol. The van der Waals surface area contributed by atoms with Crippen LogP contribution in [0.2, 0.25) is 0 Å². The van der Waals surface area contributed by atoms with Gasteiger partial charge in [-0.3, -0.25) is 14.4 Å². The van der Waals surface area contributed by atoms with Gasteiger partial charge in [-0.05, 0) is 122 Å². The highest BCUT2D eigenvalue weighted by Gasteiger charge is 2.19. The molecule has 6 heteroatoms. The molecule has 0 rings (SSSR count). The molecule has 390 valence electrons. The highest BCUT2D eigenvalue weighted by molar-refractivity contribution is 5.71. The molecule has 1 atom stereocenters. The first-order valence-corrected chi connectivity index (χ1v) is 28.0. The Labute approximate surface area is 424 Å². The van der Waals surface area contributed by atoms with Crippen LogP contribution in [0.15, 0.2) is 122 Å². The zero-order chi connectivity index (χ0) is 50.0. The van der Waals surface area contributed by atoms with Gasteiger partial charge < -0.3 is 14.2 Å². The van der Waals surface area contributed by atoms with Gasteiger partial charge in [0, 0.05) is 19.3 Å². The predicted octanol–water partition coefficient (Wildman–Crippen LogP) is 18.9. The SMILES string of the molecule is CC/C=C\C/C=C\C/C=C\C/C=C\C/C=C\C/C=C\CCC(=O)OC[C@H](COC(=O)CCCCCCC/C=C\C/C=C\CCCCC)OC(=O)CCCCCCCCC/C=C\C/C=C\CCCCC. The van der Waals surface area contributed by atoms with Crippen molar-refractivity contribution in [1.82, 2.24) is 0 Å². The molecule has 0 saturated carbocycles. The van der Waals surface area contributed by atoms with Gasteiger partial charge in [-0.25, -0.2) is 0 Å². The predicted molar refractivity (Wildman–Crippen MR) is 297 cm³/mol. The van der Waals surface area contributed by atoms with Crippen LogP contribution < -0.4 is 0 Å². The first-order chi connectivity index (χ1) is 34.0. The van der Waals surface area contributed by atoms with E-state index in [4.69, 9.17) is 14.2 Å². The van der Waals surface area contributed by atoms with Gasteiger partial charge in [0.05, 0.1) is 0 Å². The summed E-state index contributed by atoms with van der Waals surface area (Å²) in [5.41, 5.74) is 0. The molecule has 0 amide bonds. The highest BCUT2D eigenvalue weighted by atomic mass is 16.6. The molecule has 0 N–H and O–H groups in total. The van der Waals surface area contributed by atoms with E-state index >= 15 is 0 Å². The van der Waals surface area contributed by atoms with Crippen molar-refractivity contribution >= 4 is 17.9 Å². The van der Waals surface area contributed by atoms with E-state index in [0.29, 0.717) is 19.3 Å². The van der Waals surface area contributed by atoms with E-state index in [1.807, 2.05) is 6.08 Å². The van der Waals surface area contributed by atoms with Crippen LogP contribution in [0.3, 0.4) is 0 Å². The molecule has 0 aromatic heterocycles. The van der Waals surface area contributed by atoms with Gasteiger partial charge in [-0.1, -0.05) is 219 Å². The summed E-state index contributed by atoms with van der Waals surface area (Å²) in [6, 6.07) is 0. The minimum absolute atomic E-state index is 0.115. The Balaban J connectivity index is 4.55. The first kappa shape index (κ1) is 64.8. The summed E-state index contributed by atoms with van der Waals surface area (Å²) in [7, 11) is 0. The van der Waals surface area contributed by atoms with Crippen LogP contribution in [0, 0.1) is 0 Å². The van der Waals surface area contributed by atoms with Crippen molar-refractivity contribution in [2.24, 2.45) is 0 Å². The second-order valence-corrected chi connectivity index (χ2v) is 18.1. The van der Waals surface area contributed by atoms with Crippen LogP contribution in [-0.2, 0) is 28.6 Å². The van der Waals surface area contributed by atoms with Crippen molar-refractivity contribution < 1.29 is 28.6 Å². The van der Waals surface area contributed by atoms with Crippen molar-refractivity contribution in [3.8, 4) is 0 Å². The minimum atomic E-state index is -0.822. The second-order valence-electron chi connectivity index (χ2n) is 18.1. The number of ether oxygens (including phenoxy) is 3. The topological polar surface area (TPSA) is 78.9 Å². The van der Waals surface area contributed by atoms with Crippen molar-refractivity contribution in [1.29, 1.82) is 0 Å². The Morgan fingerprint density at radius 2 is 0.594 bits per heavy atom. The summed E-state index contributed by atoms with van der Waals surface area (Å²) in [6.45, 7) is 6.38. The molecule has 6 nitrogen and oxygen atoms in total. The van der Waals surface area contributed by atoms with Crippen molar-refractivity contribution in [3.63, 3.8) is 0 Å². The lowest BCUT2D eigenvalue weighted by atomic mass is 10.1. The molecule has 0 aliphatic carbocycles. The van der Waals surface area contributed by atoms with Gasteiger partial charge >= 0.3 is 17.9 Å². The number of carbonyl (C=O) groups excluding carboxylic acids is 3. The third-order valence-corrected chi connectivity index (χ3v) is 11.4. The van der Waals surface area contributed by atoms with E-state index in [1.54, 1.807) is 0 Å². The zero-order valence-corrected chi connectivity index (χ0v) is 44.5. The van der Waals surface area contributed by atoms with Gasteiger partial charge in [-0.2, -0.15) is 0 Å². The van der Waals surface area contributed by atoms with Gasteiger partial charge in [0.25, 0.3) is 0 Å². The number of rotatable bonds is 49. The average molecular weight is 956 g/mol. The summed E-state index contributed by atoms with van der Waals surface area (Å²) < 4.78 is 16.8. The molecule has 0 fully saturated rings. The molecule has 0 radical (unpaired) electrons. The van der Waals surface area contributed by atoms with Gasteiger partial charge in [-0.15, -0.1) is 0 Å². The minimum Gasteiger partial charge on any atom is -0.462 e. The van der Waals surface area contributed by atoms with Crippen LogP contribution in [0.5, 0.6) is 0 Å². The van der Waals surface area contributed by atoms with Gasteiger partial charge in [0.2, 0.25) is 0 Å². The Bertz CT molecular complexity index is 1470. The monoisotopic (exact) mass is 955 g/mol. The molecule has 0 spiro atoms. The fourth-order valence-corrected chi connectivity index (χ4v) is 7.23. The molecule has 69 heavy (non-hydrogen) atoms. The van der Waals surface area contributed by atoms with Gasteiger partial charge in [0.1, 0.15) is 13.2 Å². The average Bonchev–Trinajstić information content (AvgIpc) is 3.35. The smallest absolute Gasteiger partial charge is 0.306 e. The van der Waals surface area contributed by atoms with E-state index in [9.17, 15) is 14.4 Å². The molecule has 0 heterocycles. The standard InChI is InChI=1S/C63H102O6/c1-4-7-10-13-16-19-22-25-28-30-31-33-35-38-41-44-47-50-53-56-62(65)68-59-60(58-67-61(64)55-52-49-46-43-40-37-34-27-24-21-18-15-12-9-6-3)69-63(66)57-54-51-48-45-42-39-36-32-29-26-23-20-17-14-11-8-5-2/h7,10,16-21,25-29,31,33-34,38,41,47,50,60H,4-6,8-9,11-15,22-24,30,32,35-37,39-40,42-46,48-49,51-59H2,1-3H3/b10-7-,19-16-,20-17-,21-18-,28-25-,29-26-,33-31-,34-27-,41-38-,50-47-/t60-/m0/s1. The van der Waals surface area contributed by atoms with Crippen molar-refractivity contribution in [2.75, 3.05) is 13.2 Å². The van der Waals surface area contributed by atoms with E-state index in [1.165, 1.54) is 77.0 Å². The quantitative estimate of drug-likeness (QED) is 0.0262. The molecule has 0 bridgehead atoms. The summed E-state index contributed by atoms with van der Waals surface area (Å²) >= 11 is 0. The third-order valence-electron chi connectivity index (χ3n) is 11.4.